The maximum absolute atomic E-state index is 11.5. The highest BCUT2D eigenvalue weighted by molar-refractivity contribution is 5.77. The summed E-state index contributed by atoms with van der Waals surface area (Å²) in [6, 6.07) is 7.94. The molecule has 142 valence electrons. The molecule has 6 heteroatoms. The predicted molar refractivity (Wildman–Crippen MR) is 101 cm³/mol. The molecule has 0 aliphatic heterocycles. The monoisotopic (exact) mass is 360 g/mol. The van der Waals surface area contributed by atoms with Gasteiger partial charge < -0.3 is 24.5 Å². The Morgan fingerprint density at radius 3 is 2.62 bits per heavy atom. The summed E-state index contributed by atoms with van der Waals surface area (Å²) in [5, 5.41) is 6.18. The largest absolute Gasteiger partial charge is 0.493 e. The number of rotatable bonds is 9. The van der Waals surface area contributed by atoms with Gasteiger partial charge in [0.25, 0.3) is 5.91 Å². The Labute approximate surface area is 154 Å². The summed E-state index contributed by atoms with van der Waals surface area (Å²) in [5.74, 6) is 2.86. The third-order valence-electron chi connectivity index (χ3n) is 4.12. The number of methoxy groups -OCH3 is 1. The van der Waals surface area contributed by atoms with Gasteiger partial charge in [-0.2, -0.15) is 0 Å². The van der Waals surface area contributed by atoms with Crippen LogP contribution in [0.5, 0.6) is 11.5 Å². The Bertz CT molecular complexity index is 739. The van der Waals surface area contributed by atoms with Crippen LogP contribution >= 0.6 is 0 Å². The fourth-order valence-corrected chi connectivity index (χ4v) is 2.79. The fraction of sp³-hybridized carbons (Fsp3) is 0.450. The molecule has 2 N–H and O–H groups in total. The average molecular weight is 360 g/mol. The molecule has 0 aliphatic rings. The van der Waals surface area contributed by atoms with Crippen LogP contribution in [0.15, 0.2) is 28.7 Å². The molecule has 0 saturated carbocycles. The first-order chi connectivity index (χ1) is 12.4. The van der Waals surface area contributed by atoms with Crippen molar-refractivity contribution in [1.29, 1.82) is 0 Å². The van der Waals surface area contributed by atoms with Crippen LogP contribution in [0, 0.1) is 13.8 Å². The molecule has 2 aromatic rings. The van der Waals surface area contributed by atoms with Gasteiger partial charge in [-0.15, -0.1) is 0 Å². The van der Waals surface area contributed by atoms with E-state index in [0.717, 1.165) is 22.6 Å². The summed E-state index contributed by atoms with van der Waals surface area (Å²) >= 11 is 0. The van der Waals surface area contributed by atoms with Gasteiger partial charge in [0, 0.05) is 24.7 Å². The first kappa shape index (κ1) is 19.8. The van der Waals surface area contributed by atoms with Gasteiger partial charge in [0.1, 0.15) is 11.5 Å². The SMILES string of the molecule is CCNC(=O)COc1ccc(CNC(C)c2cc(C)oc2C)cc1OC. The van der Waals surface area contributed by atoms with Gasteiger partial charge in [-0.1, -0.05) is 6.07 Å². The van der Waals surface area contributed by atoms with Crippen LogP contribution in [0.25, 0.3) is 0 Å². The molecule has 0 saturated heterocycles. The number of furan rings is 1. The molecular formula is C20H28N2O4. The molecule has 0 aliphatic carbocycles. The van der Waals surface area contributed by atoms with Crippen LogP contribution in [0.1, 0.15) is 42.5 Å². The van der Waals surface area contributed by atoms with Crippen molar-refractivity contribution in [2.45, 2.75) is 40.3 Å². The van der Waals surface area contributed by atoms with E-state index >= 15 is 0 Å². The van der Waals surface area contributed by atoms with Gasteiger partial charge in [0.05, 0.1) is 7.11 Å². The minimum absolute atomic E-state index is 0.0298. The van der Waals surface area contributed by atoms with Crippen molar-refractivity contribution in [3.63, 3.8) is 0 Å². The minimum atomic E-state index is -0.153. The van der Waals surface area contributed by atoms with E-state index in [9.17, 15) is 4.79 Å². The highest BCUT2D eigenvalue weighted by Gasteiger charge is 2.13. The average Bonchev–Trinajstić information content (AvgIpc) is 2.96. The fourth-order valence-electron chi connectivity index (χ4n) is 2.79. The van der Waals surface area contributed by atoms with E-state index in [1.807, 2.05) is 39.0 Å². The third kappa shape index (κ3) is 5.26. The number of hydrogen-bond donors (Lipinski definition) is 2. The molecule has 0 bridgehead atoms. The summed E-state index contributed by atoms with van der Waals surface area (Å²) in [7, 11) is 1.59. The maximum Gasteiger partial charge on any atom is 0.257 e. The molecule has 1 atom stereocenters. The molecule has 0 radical (unpaired) electrons. The lowest BCUT2D eigenvalue weighted by Gasteiger charge is -2.15. The molecule has 1 unspecified atom stereocenters. The van der Waals surface area contributed by atoms with Crippen LogP contribution in [-0.2, 0) is 11.3 Å². The maximum atomic E-state index is 11.5. The second-order valence-electron chi connectivity index (χ2n) is 6.20. The minimum Gasteiger partial charge on any atom is -0.493 e. The number of carbonyl (C=O) groups excluding carboxylic acids is 1. The van der Waals surface area contributed by atoms with Gasteiger partial charge in [-0.05, 0) is 51.5 Å². The van der Waals surface area contributed by atoms with E-state index in [1.165, 1.54) is 0 Å². The highest BCUT2D eigenvalue weighted by Crippen LogP contribution is 2.28. The van der Waals surface area contributed by atoms with E-state index in [0.29, 0.717) is 24.6 Å². The molecule has 0 fully saturated rings. The molecule has 2 rings (SSSR count). The summed E-state index contributed by atoms with van der Waals surface area (Å²) in [4.78, 5) is 11.5. The van der Waals surface area contributed by atoms with E-state index in [-0.39, 0.29) is 18.6 Å². The van der Waals surface area contributed by atoms with Gasteiger partial charge in [-0.25, -0.2) is 0 Å². The smallest absolute Gasteiger partial charge is 0.257 e. The number of ether oxygens (including phenoxy) is 2. The predicted octanol–water partition coefficient (Wildman–Crippen LogP) is 3.27. The summed E-state index contributed by atoms with van der Waals surface area (Å²) < 4.78 is 16.5. The Hall–Kier alpha value is -2.47. The molecule has 1 heterocycles. The van der Waals surface area contributed by atoms with Crippen molar-refractivity contribution < 1.29 is 18.7 Å². The van der Waals surface area contributed by atoms with Crippen molar-refractivity contribution in [1.82, 2.24) is 10.6 Å². The van der Waals surface area contributed by atoms with Crippen molar-refractivity contribution in [3.8, 4) is 11.5 Å². The first-order valence-electron chi connectivity index (χ1n) is 8.81. The van der Waals surface area contributed by atoms with Crippen molar-refractivity contribution >= 4 is 5.91 Å². The Kier molecular flexibility index (Phi) is 7.09. The normalized spacial score (nSPS) is 11.9. The van der Waals surface area contributed by atoms with Crippen LogP contribution in [0.3, 0.4) is 0 Å². The van der Waals surface area contributed by atoms with Crippen molar-refractivity contribution in [2.75, 3.05) is 20.3 Å². The Balaban J connectivity index is 1.97. The molecule has 26 heavy (non-hydrogen) atoms. The van der Waals surface area contributed by atoms with Crippen molar-refractivity contribution in [2.24, 2.45) is 0 Å². The topological polar surface area (TPSA) is 72.7 Å². The quantitative estimate of drug-likeness (QED) is 0.718. The van der Waals surface area contributed by atoms with E-state index in [4.69, 9.17) is 13.9 Å². The lowest BCUT2D eigenvalue weighted by molar-refractivity contribution is -0.123. The van der Waals surface area contributed by atoms with E-state index in [1.54, 1.807) is 7.11 Å². The van der Waals surface area contributed by atoms with Gasteiger partial charge in [0.15, 0.2) is 18.1 Å². The number of likely N-dealkylation sites (N-methyl/N-ethyl adjacent to an activating group) is 1. The van der Waals surface area contributed by atoms with Crippen LogP contribution in [0.2, 0.25) is 0 Å². The number of nitrogens with one attached hydrogen (secondary N) is 2. The zero-order chi connectivity index (χ0) is 19.1. The van der Waals surface area contributed by atoms with E-state index in [2.05, 4.69) is 23.6 Å². The number of hydrogen-bond acceptors (Lipinski definition) is 5. The second kappa shape index (κ2) is 9.29. The van der Waals surface area contributed by atoms with Gasteiger partial charge in [0.2, 0.25) is 0 Å². The summed E-state index contributed by atoms with van der Waals surface area (Å²) in [6.45, 7) is 9.14. The lowest BCUT2D eigenvalue weighted by atomic mass is 10.1. The standard InChI is InChI=1S/C20H28N2O4/c1-6-21-20(23)12-25-18-8-7-16(10-19(18)24-5)11-22-14(3)17-9-13(2)26-15(17)4/h7-10,14,22H,6,11-12H2,1-5H3,(H,21,23). The molecule has 6 nitrogen and oxygen atoms in total. The zero-order valence-corrected chi connectivity index (χ0v) is 16.1. The number of aryl methyl sites for hydroxylation is 2. The van der Waals surface area contributed by atoms with Crippen LogP contribution < -0.4 is 20.1 Å². The molecule has 1 aromatic carbocycles. The summed E-state index contributed by atoms with van der Waals surface area (Å²) in [5.41, 5.74) is 2.23. The third-order valence-corrected chi connectivity index (χ3v) is 4.12. The first-order valence-corrected chi connectivity index (χ1v) is 8.81. The number of benzene rings is 1. The lowest BCUT2D eigenvalue weighted by Crippen LogP contribution is -2.28. The number of amides is 1. The Morgan fingerprint density at radius 1 is 1.23 bits per heavy atom. The van der Waals surface area contributed by atoms with Crippen LogP contribution in [-0.4, -0.2) is 26.2 Å². The summed E-state index contributed by atoms with van der Waals surface area (Å²) in [6.07, 6.45) is 0. The van der Waals surface area contributed by atoms with Gasteiger partial charge in [-0.3, -0.25) is 4.79 Å². The zero-order valence-electron chi connectivity index (χ0n) is 16.1. The highest BCUT2D eigenvalue weighted by atomic mass is 16.5. The molecule has 0 spiro atoms. The second-order valence-corrected chi connectivity index (χ2v) is 6.20. The molecule has 1 amide bonds. The van der Waals surface area contributed by atoms with Crippen molar-refractivity contribution in [3.05, 3.63) is 46.9 Å². The molecule has 1 aromatic heterocycles. The number of carbonyl (C=O) groups is 1. The van der Waals surface area contributed by atoms with Gasteiger partial charge >= 0.3 is 0 Å². The Morgan fingerprint density at radius 2 is 2.00 bits per heavy atom. The van der Waals surface area contributed by atoms with Crippen LogP contribution in [0.4, 0.5) is 0 Å². The van der Waals surface area contributed by atoms with E-state index < -0.39 is 0 Å². The molecular weight excluding hydrogens is 332 g/mol.